The zero-order chi connectivity index (χ0) is 18.8. The van der Waals surface area contributed by atoms with Gasteiger partial charge in [-0.25, -0.2) is 0 Å². The number of carboxylic acids is 1. The normalized spacial score (nSPS) is 20.1. The molecule has 0 spiro atoms. The number of benzene rings is 1. The molecule has 0 saturated carbocycles. The Balaban J connectivity index is 2.08. The van der Waals surface area contributed by atoms with E-state index in [1.165, 1.54) is 0 Å². The molecule has 0 fully saturated rings. The molecular weight excluding hydrogens is 316 g/mol. The predicted molar refractivity (Wildman–Crippen MR) is 99.5 cm³/mol. The van der Waals surface area contributed by atoms with Crippen molar-refractivity contribution in [1.29, 1.82) is 0 Å². The van der Waals surface area contributed by atoms with Gasteiger partial charge < -0.3 is 14.9 Å². The van der Waals surface area contributed by atoms with Crippen LogP contribution in [0.3, 0.4) is 0 Å². The van der Waals surface area contributed by atoms with Gasteiger partial charge in [0.25, 0.3) is 0 Å². The number of hydrogen-bond acceptors (Lipinski definition) is 3. The van der Waals surface area contributed by atoms with Crippen LogP contribution in [-0.2, 0) is 11.2 Å². The summed E-state index contributed by atoms with van der Waals surface area (Å²) in [7, 11) is 0. The molecule has 4 nitrogen and oxygen atoms in total. The quantitative estimate of drug-likeness (QED) is 0.712. The molecule has 138 valence electrons. The average Bonchev–Trinajstić information content (AvgIpc) is 2.56. The molecule has 1 aromatic rings. The number of carbonyl (C=O) groups is 1. The minimum atomic E-state index is -0.753. The van der Waals surface area contributed by atoms with Gasteiger partial charge in [0.05, 0.1) is 0 Å². The zero-order valence-electron chi connectivity index (χ0n) is 16.0. The van der Waals surface area contributed by atoms with Crippen LogP contribution in [0.1, 0.15) is 68.2 Å². The average molecular weight is 346 g/mol. The van der Waals surface area contributed by atoms with Crippen LogP contribution in [0.5, 0.6) is 11.5 Å². The fourth-order valence-electron chi connectivity index (χ4n) is 3.50. The van der Waals surface area contributed by atoms with E-state index in [4.69, 9.17) is 9.84 Å². The lowest BCUT2D eigenvalue weighted by atomic mass is 9.85. The minimum absolute atomic E-state index is 0.185. The number of hydrogen-bond donors (Lipinski definition) is 2. The minimum Gasteiger partial charge on any atom is -0.507 e. The molecule has 0 saturated heterocycles. The Kier molecular flexibility index (Phi) is 5.81. The number of phenolic OH excluding ortho intramolecular Hbond substituents is 1. The second-order valence-corrected chi connectivity index (χ2v) is 7.57. The summed E-state index contributed by atoms with van der Waals surface area (Å²) in [6, 6.07) is 0. The number of rotatable bonds is 6. The van der Waals surface area contributed by atoms with Gasteiger partial charge in [-0.15, -0.1) is 0 Å². The summed E-state index contributed by atoms with van der Waals surface area (Å²) in [6.45, 7) is 10.0. The number of phenols is 1. The molecule has 0 aromatic heterocycles. The SMILES string of the molecule is CC(=CCCC1(C)CCc2c(C)c(O)c(C)c(C)c2O1)CCC(=O)O. The van der Waals surface area contributed by atoms with Gasteiger partial charge in [-0.05, 0) is 83.4 Å². The summed E-state index contributed by atoms with van der Waals surface area (Å²) in [6.07, 6.45) is 6.53. The molecule has 0 radical (unpaired) electrons. The first-order valence-electron chi connectivity index (χ1n) is 9.02. The fourth-order valence-corrected chi connectivity index (χ4v) is 3.50. The van der Waals surface area contributed by atoms with Crippen LogP contribution in [0, 0.1) is 20.8 Å². The molecule has 2 rings (SSSR count). The number of allylic oxidation sites excluding steroid dienone is 2. The van der Waals surface area contributed by atoms with Crippen molar-refractivity contribution in [1.82, 2.24) is 0 Å². The van der Waals surface area contributed by atoms with Gasteiger partial charge in [0.1, 0.15) is 17.1 Å². The molecule has 4 heteroatoms. The Morgan fingerprint density at radius 3 is 2.52 bits per heavy atom. The first-order valence-corrected chi connectivity index (χ1v) is 9.02. The molecule has 1 aromatic carbocycles. The highest BCUT2D eigenvalue weighted by molar-refractivity contribution is 5.67. The van der Waals surface area contributed by atoms with Crippen LogP contribution >= 0.6 is 0 Å². The second kappa shape index (κ2) is 7.51. The highest BCUT2D eigenvalue weighted by Gasteiger charge is 2.33. The summed E-state index contributed by atoms with van der Waals surface area (Å²) in [5, 5.41) is 19.0. The number of carboxylic acid groups (broad SMARTS) is 1. The Labute approximate surface area is 150 Å². The van der Waals surface area contributed by atoms with E-state index in [2.05, 4.69) is 13.0 Å². The molecule has 1 aliphatic heterocycles. The van der Waals surface area contributed by atoms with Gasteiger partial charge in [0.2, 0.25) is 0 Å². The molecule has 0 aliphatic carbocycles. The van der Waals surface area contributed by atoms with Crippen molar-refractivity contribution in [2.75, 3.05) is 0 Å². The summed E-state index contributed by atoms with van der Waals surface area (Å²) < 4.78 is 6.41. The van der Waals surface area contributed by atoms with Crippen molar-refractivity contribution < 1.29 is 19.7 Å². The molecule has 1 atom stereocenters. The fraction of sp³-hybridized carbons (Fsp3) is 0.571. The van der Waals surface area contributed by atoms with E-state index in [1.807, 2.05) is 27.7 Å². The van der Waals surface area contributed by atoms with E-state index < -0.39 is 5.97 Å². The third-order valence-corrected chi connectivity index (χ3v) is 5.49. The summed E-state index contributed by atoms with van der Waals surface area (Å²) in [5.41, 5.74) is 4.88. The summed E-state index contributed by atoms with van der Waals surface area (Å²) in [5.74, 6) is 0.574. The molecule has 25 heavy (non-hydrogen) atoms. The van der Waals surface area contributed by atoms with E-state index in [0.717, 1.165) is 59.3 Å². The van der Waals surface area contributed by atoms with E-state index in [1.54, 1.807) is 0 Å². The second-order valence-electron chi connectivity index (χ2n) is 7.57. The van der Waals surface area contributed by atoms with E-state index >= 15 is 0 Å². The largest absolute Gasteiger partial charge is 0.507 e. The van der Waals surface area contributed by atoms with Gasteiger partial charge in [-0.1, -0.05) is 11.6 Å². The highest BCUT2D eigenvalue weighted by Crippen LogP contribution is 2.44. The van der Waals surface area contributed by atoms with Gasteiger partial charge in [0.15, 0.2) is 0 Å². The number of fused-ring (bicyclic) bond motifs is 1. The predicted octanol–water partition coefficient (Wildman–Crippen LogP) is 4.99. The Hall–Kier alpha value is -1.97. The maximum atomic E-state index is 10.6. The molecule has 0 amide bonds. The van der Waals surface area contributed by atoms with Crippen molar-refractivity contribution in [3.8, 4) is 11.5 Å². The first-order chi connectivity index (χ1) is 11.6. The van der Waals surface area contributed by atoms with Gasteiger partial charge in [-0.3, -0.25) is 4.79 Å². The Bertz CT molecular complexity index is 703. The van der Waals surface area contributed by atoms with Crippen LogP contribution in [0.4, 0.5) is 0 Å². The third kappa shape index (κ3) is 4.36. The Morgan fingerprint density at radius 1 is 1.20 bits per heavy atom. The highest BCUT2D eigenvalue weighted by atomic mass is 16.5. The van der Waals surface area contributed by atoms with Crippen LogP contribution in [-0.4, -0.2) is 21.8 Å². The number of aliphatic carboxylic acids is 1. The van der Waals surface area contributed by atoms with Gasteiger partial charge in [0, 0.05) is 12.0 Å². The van der Waals surface area contributed by atoms with Crippen molar-refractivity contribution in [3.05, 3.63) is 33.9 Å². The third-order valence-electron chi connectivity index (χ3n) is 5.49. The first kappa shape index (κ1) is 19.4. The van der Waals surface area contributed by atoms with Crippen molar-refractivity contribution in [2.45, 2.75) is 78.7 Å². The molecular formula is C21H30O4. The van der Waals surface area contributed by atoms with Crippen LogP contribution in [0.15, 0.2) is 11.6 Å². The van der Waals surface area contributed by atoms with Crippen LogP contribution in [0.2, 0.25) is 0 Å². The molecule has 1 aliphatic rings. The lowest BCUT2D eigenvalue weighted by molar-refractivity contribution is -0.136. The van der Waals surface area contributed by atoms with Crippen molar-refractivity contribution in [3.63, 3.8) is 0 Å². The van der Waals surface area contributed by atoms with E-state index in [-0.39, 0.29) is 12.0 Å². The molecule has 1 unspecified atom stereocenters. The topological polar surface area (TPSA) is 66.8 Å². The molecule has 2 N–H and O–H groups in total. The lowest BCUT2D eigenvalue weighted by Crippen LogP contribution is -2.37. The molecule has 0 bridgehead atoms. The van der Waals surface area contributed by atoms with Crippen molar-refractivity contribution in [2.24, 2.45) is 0 Å². The summed E-state index contributed by atoms with van der Waals surface area (Å²) in [4.78, 5) is 10.6. The van der Waals surface area contributed by atoms with Crippen LogP contribution in [0.25, 0.3) is 0 Å². The maximum Gasteiger partial charge on any atom is 0.303 e. The van der Waals surface area contributed by atoms with E-state index in [9.17, 15) is 9.90 Å². The zero-order valence-corrected chi connectivity index (χ0v) is 16.0. The van der Waals surface area contributed by atoms with E-state index in [0.29, 0.717) is 12.2 Å². The molecule has 1 heterocycles. The smallest absolute Gasteiger partial charge is 0.303 e. The Morgan fingerprint density at radius 2 is 1.88 bits per heavy atom. The van der Waals surface area contributed by atoms with Gasteiger partial charge >= 0.3 is 5.97 Å². The van der Waals surface area contributed by atoms with Gasteiger partial charge in [-0.2, -0.15) is 0 Å². The number of aromatic hydroxyl groups is 1. The summed E-state index contributed by atoms with van der Waals surface area (Å²) >= 11 is 0. The maximum absolute atomic E-state index is 10.6. The number of ether oxygens (including phenoxy) is 1. The standard InChI is InChI=1S/C21H30O4/c1-13(8-9-18(22)23)7-6-11-21(5)12-10-17-16(4)19(24)14(2)15(3)20(17)25-21/h7,24H,6,8-12H2,1-5H3,(H,22,23). The monoisotopic (exact) mass is 346 g/mol. The van der Waals surface area contributed by atoms with Crippen molar-refractivity contribution >= 4 is 5.97 Å². The lowest BCUT2D eigenvalue weighted by Gasteiger charge is -2.38. The van der Waals surface area contributed by atoms with Crippen LogP contribution < -0.4 is 4.74 Å².